The quantitative estimate of drug-likeness (QED) is 0.141. The molecule has 0 unspecified atom stereocenters. The van der Waals surface area contributed by atoms with Crippen LogP contribution in [-0.2, 0) is 0 Å². The van der Waals surface area contributed by atoms with Gasteiger partial charge in [0, 0.05) is 16.5 Å². The van der Waals surface area contributed by atoms with Crippen LogP contribution >= 0.6 is 0 Å². The zero-order valence-corrected chi connectivity index (χ0v) is 27.1. The predicted molar refractivity (Wildman–Crippen MR) is 199 cm³/mol. The Bertz CT molecular complexity index is 2350. The third-order valence-electron chi connectivity index (χ3n) is 9.45. The van der Waals surface area contributed by atoms with E-state index >= 15 is 0 Å². The maximum absolute atomic E-state index is 10.9. The number of fused-ring (bicyclic) bond motifs is 3. The lowest BCUT2D eigenvalue weighted by Crippen LogP contribution is -2.75. The first-order chi connectivity index (χ1) is 23.8. The second-order valence-electron chi connectivity index (χ2n) is 11.9. The molecule has 8 rings (SSSR count). The Morgan fingerprint density at radius 3 is 1.35 bits per heavy atom. The number of hydrogen-bond acceptors (Lipinski definition) is 2. The fraction of sp³-hybridized carbons (Fsp3) is 0. The molecule has 4 heteroatoms. The van der Waals surface area contributed by atoms with E-state index < -0.39 is 8.07 Å². The lowest BCUT2D eigenvalue weighted by atomic mass is 9.99. The summed E-state index contributed by atoms with van der Waals surface area (Å²) in [6, 6.07) is 66.0. The van der Waals surface area contributed by atoms with Crippen molar-refractivity contribution in [1.82, 2.24) is 4.57 Å². The van der Waals surface area contributed by atoms with E-state index in [-0.39, 0.29) is 0 Å². The Kier molecular flexibility index (Phi) is 7.27. The second-order valence-corrected chi connectivity index (χ2v) is 15.6. The monoisotopic (exact) mass is 627 g/mol. The van der Waals surface area contributed by atoms with Gasteiger partial charge in [0.25, 0.3) is 0 Å². The summed E-state index contributed by atoms with van der Waals surface area (Å²) in [5.74, 6) is 0. The normalized spacial score (nSPS) is 11.3. The molecule has 0 saturated carbocycles. The van der Waals surface area contributed by atoms with Crippen molar-refractivity contribution in [2.24, 2.45) is 0 Å². The Balaban J connectivity index is 1.44. The van der Waals surface area contributed by atoms with Crippen LogP contribution in [0.15, 0.2) is 176 Å². The average Bonchev–Trinajstić information content (AvgIpc) is 3.51. The molecule has 1 aromatic heterocycles. The molecule has 3 nitrogen and oxygen atoms in total. The molecule has 0 fully saturated rings. The SMILES string of the molecule is N#Cc1ccc(-c2ccc(-n3c4ccccc4c4ccccc43)cc2)c([Si](c2ccccc2)(c2ccccc2)c2ccccc2)c1C#N. The van der Waals surface area contributed by atoms with E-state index in [1.165, 1.54) is 10.8 Å². The summed E-state index contributed by atoms with van der Waals surface area (Å²) in [5.41, 5.74) is 6.15. The summed E-state index contributed by atoms with van der Waals surface area (Å²) in [6.07, 6.45) is 0. The minimum atomic E-state index is -3.16. The molecule has 0 atom stereocenters. The summed E-state index contributed by atoms with van der Waals surface area (Å²) >= 11 is 0. The van der Waals surface area contributed by atoms with Crippen LogP contribution in [0.5, 0.6) is 0 Å². The zero-order valence-electron chi connectivity index (χ0n) is 26.1. The molecule has 48 heavy (non-hydrogen) atoms. The van der Waals surface area contributed by atoms with E-state index in [2.05, 4.69) is 162 Å². The van der Waals surface area contributed by atoms with E-state index in [4.69, 9.17) is 0 Å². The van der Waals surface area contributed by atoms with Crippen LogP contribution in [0.1, 0.15) is 11.1 Å². The number of aromatic nitrogens is 1. The fourth-order valence-electron chi connectivity index (χ4n) is 7.43. The van der Waals surface area contributed by atoms with Gasteiger partial charge in [-0.1, -0.05) is 146 Å². The van der Waals surface area contributed by atoms with Crippen molar-refractivity contribution in [2.75, 3.05) is 0 Å². The van der Waals surface area contributed by atoms with Gasteiger partial charge in [0.15, 0.2) is 8.07 Å². The highest BCUT2D eigenvalue weighted by Crippen LogP contribution is 2.33. The van der Waals surface area contributed by atoms with Gasteiger partial charge in [-0.2, -0.15) is 10.5 Å². The van der Waals surface area contributed by atoms with Gasteiger partial charge in [-0.05, 0) is 62.2 Å². The first kappa shape index (κ1) is 29.0. The Morgan fingerprint density at radius 2 is 0.896 bits per heavy atom. The minimum Gasteiger partial charge on any atom is -0.309 e. The first-order valence-electron chi connectivity index (χ1n) is 16.0. The molecule has 0 amide bonds. The second kappa shape index (κ2) is 12.0. The summed E-state index contributed by atoms with van der Waals surface area (Å²) in [5, 5.41) is 28.0. The van der Waals surface area contributed by atoms with Crippen LogP contribution in [-0.4, -0.2) is 12.6 Å². The number of nitriles is 2. The standard InChI is InChI=1S/C44H29N3Si/c45-30-33-26-29-38(32-24-27-34(28-25-32)47-42-22-12-10-20-39(42)40-21-11-13-23-43(40)47)44(41(33)31-46)48(35-14-4-1-5-15-35,36-16-6-2-7-17-36)37-18-8-3-9-19-37/h1-29H. The van der Waals surface area contributed by atoms with Crippen LogP contribution in [0.25, 0.3) is 38.6 Å². The van der Waals surface area contributed by atoms with E-state index in [1.807, 2.05) is 24.3 Å². The summed E-state index contributed by atoms with van der Waals surface area (Å²) in [4.78, 5) is 0. The molecule has 8 aromatic rings. The van der Waals surface area contributed by atoms with Crippen molar-refractivity contribution >= 4 is 50.6 Å². The maximum Gasteiger partial charge on any atom is 0.181 e. The van der Waals surface area contributed by atoms with Crippen molar-refractivity contribution in [1.29, 1.82) is 10.5 Å². The maximum atomic E-state index is 10.9. The molecule has 0 N–H and O–H groups in total. The van der Waals surface area contributed by atoms with Gasteiger partial charge in [-0.25, -0.2) is 0 Å². The molecule has 0 bridgehead atoms. The van der Waals surface area contributed by atoms with Crippen LogP contribution < -0.4 is 20.7 Å². The molecular weight excluding hydrogens is 599 g/mol. The summed E-state index contributed by atoms with van der Waals surface area (Å²) < 4.78 is 2.31. The van der Waals surface area contributed by atoms with Gasteiger partial charge in [0.05, 0.1) is 22.2 Å². The third-order valence-corrected chi connectivity index (χ3v) is 14.3. The van der Waals surface area contributed by atoms with Gasteiger partial charge in [-0.15, -0.1) is 0 Å². The highest BCUT2D eigenvalue weighted by atomic mass is 28.3. The first-order valence-corrected chi connectivity index (χ1v) is 18.0. The van der Waals surface area contributed by atoms with Crippen molar-refractivity contribution in [3.8, 4) is 29.0 Å². The molecule has 224 valence electrons. The molecule has 0 radical (unpaired) electrons. The lowest BCUT2D eigenvalue weighted by molar-refractivity contribution is 1.18. The molecule has 0 aliphatic rings. The number of benzene rings is 7. The minimum absolute atomic E-state index is 0.387. The predicted octanol–water partition coefficient (Wildman–Crippen LogP) is 7.57. The Hall–Kier alpha value is -6.46. The van der Waals surface area contributed by atoms with E-state index in [0.717, 1.165) is 48.6 Å². The highest BCUT2D eigenvalue weighted by molar-refractivity contribution is 7.20. The Morgan fingerprint density at radius 1 is 0.438 bits per heavy atom. The summed E-state index contributed by atoms with van der Waals surface area (Å²) in [6.45, 7) is 0. The molecule has 0 saturated heterocycles. The third kappa shape index (κ3) is 4.48. The van der Waals surface area contributed by atoms with Gasteiger partial charge >= 0.3 is 0 Å². The lowest BCUT2D eigenvalue weighted by Gasteiger charge is -2.36. The van der Waals surface area contributed by atoms with E-state index in [1.54, 1.807) is 6.07 Å². The topological polar surface area (TPSA) is 52.5 Å². The van der Waals surface area contributed by atoms with E-state index in [0.29, 0.717) is 11.1 Å². The Labute approximate surface area is 280 Å². The number of rotatable bonds is 6. The van der Waals surface area contributed by atoms with Crippen molar-refractivity contribution in [3.63, 3.8) is 0 Å². The largest absolute Gasteiger partial charge is 0.309 e. The van der Waals surface area contributed by atoms with E-state index in [9.17, 15) is 10.5 Å². The van der Waals surface area contributed by atoms with Crippen LogP contribution in [0, 0.1) is 22.7 Å². The number of nitrogens with zero attached hydrogens (tertiary/aromatic N) is 3. The molecule has 0 aliphatic carbocycles. The highest BCUT2D eigenvalue weighted by Gasteiger charge is 2.45. The number of hydrogen-bond donors (Lipinski definition) is 0. The molecule has 1 heterocycles. The van der Waals surface area contributed by atoms with Gasteiger partial charge in [0.1, 0.15) is 12.1 Å². The smallest absolute Gasteiger partial charge is 0.181 e. The number of para-hydroxylation sites is 2. The van der Waals surface area contributed by atoms with Gasteiger partial charge in [-0.3, -0.25) is 0 Å². The van der Waals surface area contributed by atoms with Crippen molar-refractivity contribution in [2.45, 2.75) is 0 Å². The van der Waals surface area contributed by atoms with Crippen LogP contribution in [0.2, 0.25) is 0 Å². The molecule has 0 spiro atoms. The van der Waals surface area contributed by atoms with Crippen molar-refractivity contribution < 1.29 is 0 Å². The molecule has 0 aliphatic heterocycles. The summed E-state index contributed by atoms with van der Waals surface area (Å²) in [7, 11) is -3.16. The molecular formula is C44H29N3Si. The zero-order chi connectivity index (χ0) is 32.5. The van der Waals surface area contributed by atoms with Crippen LogP contribution in [0.4, 0.5) is 0 Å². The van der Waals surface area contributed by atoms with Gasteiger partial charge in [0.2, 0.25) is 0 Å². The van der Waals surface area contributed by atoms with Crippen LogP contribution in [0.3, 0.4) is 0 Å². The van der Waals surface area contributed by atoms with Gasteiger partial charge < -0.3 is 4.57 Å². The molecule has 7 aromatic carbocycles. The average molecular weight is 628 g/mol. The fourth-order valence-corrected chi connectivity index (χ4v) is 12.6. The van der Waals surface area contributed by atoms with Crippen molar-refractivity contribution in [3.05, 3.63) is 187 Å².